The third-order valence-corrected chi connectivity index (χ3v) is 2.75. The smallest absolute Gasteiger partial charge is 0.304 e. The molecule has 0 radical (unpaired) electrons. The van der Waals surface area contributed by atoms with Crippen LogP contribution in [0.25, 0.3) is 0 Å². The maximum atomic E-state index is 10.9. The van der Waals surface area contributed by atoms with Gasteiger partial charge >= 0.3 is 5.97 Å². The van der Waals surface area contributed by atoms with E-state index in [2.05, 4.69) is 6.58 Å². The van der Waals surface area contributed by atoms with Gasteiger partial charge in [0, 0.05) is 12.0 Å². The van der Waals surface area contributed by atoms with Gasteiger partial charge in [0.1, 0.15) is 11.5 Å². The minimum Gasteiger partial charge on any atom is -0.497 e. The first-order chi connectivity index (χ1) is 8.47. The van der Waals surface area contributed by atoms with Crippen LogP contribution < -0.4 is 9.47 Å². The number of carboxylic acid groups (broad SMARTS) is 1. The van der Waals surface area contributed by atoms with Gasteiger partial charge in [0.25, 0.3) is 0 Å². The molecule has 0 heterocycles. The van der Waals surface area contributed by atoms with Crippen molar-refractivity contribution < 1.29 is 19.4 Å². The van der Waals surface area contributed by atoms with Crippen molar-refractivity contribution in [2.24, 2.45) is 0 Å². The molecule has 1 N–H and O–H groups in total. The van der Waals surface area contributed by atoms with E-state index in [0.717, 1.165) is 11.1 Å². The molecule has 0 aliphatic heterocycles. The minimum atomic E-state index is -0.857. The van der Waals surface area contributed by atoms with Crippen molar-refractivity contribution in [1.82, 2.24) is 0 Å². The van der Waals surface area contributed by atoms with Gasteiger partial charge < -0.3 is 14.6 Å². The van der Waals surface area contributed by atoms with Crippen molar-refractivity contribution in [3.63, 3.8) is 0 Å². The molecule has 4 nitrogen and oxygen atoms in total. The average molecular weight is 250 g/mol. The topological polar surface area (TPSA) is 55.8 Å². The molecule has 0 aliphatic carbocycles. The Balaban J connectivity index is 3.17. The van der Waals surface area contributed by atoms with E-state index >= 15 is 0 Å². The van der Waals surface area contributed by atoms with E-state index in [1.54, 1.807) is 20.3 Å². The first-order valence-electron chi connectivity index (χ1n) is 5.58. The highest BCUT2D eigenvalue weighted by atomic mass is 16.5. The lowest BCUT2D eigenvalue weighted by atomic mass is 9.89. The molecule has 1 unspecified atom stereocenters. The van der Waals surface area contributed by atoms with Crippen LogP contribution in [-0.2, 0) is 4.79 Å². The van der Waals surface area contributed by atoms with E-state index in [-0.39, 0.29) is 12.3 Å². The number of hydrogen-bond acceptors (Lipinski definition) is 3. The molecule has 98 valence electrons. The van der Waals surface area contributed by atoms with Gasteiger partial charge in [-0.1, -0.05) is 12.2 Å². The molecule has 0 spiro atoms. The quantitative estimate of drug-likeness (QED) is 0.789. The summed E-state index contributed by atoms with van der Waals surface area (Å²) < 4.78 is 10.4. The average Bonchev–Trinajstić information content (AvgIpc) is 2.34. The van der Waals surface area contributed by atoms with Gasteiger partial charge in [-0.25, -0.2) is 0 Å². The first-order valence-corrected chi connectivity index (χ1v) is 5.58. The lowest BCUT2D eigenvalue weighted by molar-refractivity contribution is -0.137. The number of methoxy groups -OCH3 is 2. The summed E-state index contributed by atoms with van der Waals surface area (Å²) in [7, 11) is 3.12. The Morgan fingerprint density at radius 2 is 1.78 bits per heavy atom. The molecule has 1 aromatic carbocycles. The molecular weight excluding hydrogens is 232 g/mol. The normalized spacial score (nSPS) is 11.7. The highest BCUT2D eigenvalue weighted by molar-refractivity contribution is 5.69. The molecule has 0 fully saturated rings. The molecule has 18 heavy (non-hydrogen) atoms. The number of carbonyl (C=O) groups is 1. The van der Waals surface area contributed by atoms with E-state index in [1.807, 2.05) is 19.1 Å². The second-order valence-electron chi connectivity index (χ2n) is 4.14. The van der Waals surface area contributed by atoms with E-state index in [4.69, 9.17) is 14.6 Å². The standard InChI is InChI=1S/C14H18O4/c1-9(2)13(8-14(15)16)10-5-11(17-3)7-12(6-10)18-4/h5-7,13H,1,8H2,2-4H3,(H,15,16). The van der Waals surface area contributed by atoms with Crippen LogP contribution in [-0.4, -0.2) is 25.3 Å². The summed E-state index contributed by atoms with van der Waals surface area (Å²) in [6.07, 6.45) is 0.00561. The predicted molar refractivity (Wildman–Crippen MR) is 69.4 cm³/mol. The van der Waals surface area contributed by atoms with E-state index < -0.39 is 5.97 Å². The lowest BCUT2D eigenvalue weighted by Crippen LogP contribution is -2.07. The van der Waals surface area contributed by atoms with E-state index in [0.29, 0.717) is 11.5 Å². The summed E-state index contributed by atoms with van der Waals surface area (Å²) >= 11 is 0. The zero-order valence-corrected chi connectivity index (χ0v) is 10.9. The molecule has 0 aromatic heterocycles. The van der Waals surface area contributed by atoms with Crippen molar-refractivity contribution in [3.05, 3.63) is 35.9 Å². The largest absolute Gasteiger partial charge is 0.497 e. The number of allylic oxidation sites excluding steroid dienone is 1. The van der Waals surface area contributed by atoms with Crippen molar-refractivity contribution in [2.75, 3.05) is 14.2 Å². The van der Waals surface area contributed by atoms with E-state index in [9.17, 15) is 4.79 Å². The van der Waals surface area contributed by atoms with Gasteiger partial charge in [-0.3, -0.25) is 4.79 Å². The Morgan fingerprint density at radius 3 is 2.11 bits per heavy atom. The Labute approximate surface area is 107 Å². The third-order valence-electron chi connectivity index (χ3n) is 2.75. The molecule has 4 heteroatoms. The van der Waals surface area contributed by atoms with Crippen LogP contribution in [0, 0.1) is 0 Å². The molecule has 0 amide bonds. The van der Waals surface area contributed by atoms with Gasteiger partial charge in [0.2, 0.25) is 0 Å². The summed E-state index contributed by atoms with van der Waals surface area (Å²) in [4.78, 5) is 10.9. The van der Waals surface area contributed by atoms with Crippen LogP contribution in [0.15, 0.2) is 30.4 Å². The maximum Gasteiger partial charge on any atom is 0.304 e. The predicted octanol–water partition coefficient (Wildman–Crippen LogP) is 2.84. The highest BCUT2D eigenvalue weighted by Crippen LogP contribution is 2.32. The molecular formula is C14H18O4. The zero-order chi connectivity index (χ0) is 13.7. The number of hydrogen-bond donors (Lipinski definition) is 1. The molecule has 1 aromatic rings. The molecule has 1 rings (SSSR count). The Kier molecular flexibility index (Phi) is 4.77. The summed E-state index contributed by atoms with van der Waals surface area (Å²) in [6.45, 7) is 5.67. The van der Waals surface area contributed by atoms with Crippen LogP contribution in [0.1, 0.15) is 24.8 Å². The fourth-order valence-corrected chi connectivity index (χ4v) is 1.78. The number of carboxylic acids is 1. The number of benzene rings is 1. The van der Waals surface area contributed by atoms with Gasteiger partial charge in [-0.2, -0.15) is 0 Å². The summed E-state index contributed by atoms with van der Waals surface area (Å²) in [5, 5.41) is 8.94. The Morgan fingerprint density at radius 1 is 1.28 bits per heavy atom. The van der Waals surface area contributed by atoms with E-state index in [1.165, 1.54) is 0 Å². The number of rotatable bonds is 6. The lowest BCUT2D eigenvalue weighted by Gasteiger charge is -2.17. The van der Waals surface area contributed by atoms with Crippen molar-refractivity contribution in [1.29, 1.82) is 0 Å². The summed E-state index contributed by atoms with van der Waals surface area (Å²) in [5.41, 5.74) is 1.63. The maximum absolute atomic E-state index is 10.9. The van der Waals surface area contributed by atoms with Gasteiger partial charge in [0.15, 0.2) is 0 Å². The second kappa shape index (κ2) is 6.10. The highest BCUT2D eigenvalue weighted by Gasteiger charge is 2.18. The SMILES string of the molecule is C=C(C)C(CC(=O)O)c1cc(OC)cc(OC)c1. The number of ether oxygens (including phenoxy) is 2. The second-order valence-corrected chi connectivity index (χ2v) is 4.14. The van der Waals surface area contributed by atoms with Crippen molar-refractivity contribution in [2.45, 2.75) is 19.3 Å². The fourth-order valence-electron chi connectivity index (χ4n) is 1.78. The van der Waals surface area contributed by atoms with Gasteiger partial charge in [0.05, 0.1) is 20.6 Å². The Bertz CT molecular complexity index is 429. The van der Waals surface area contributed by atoms with Crippen LogP contribution >= 0.6 is 0 Å². The summed E-state index contributed by atoms with van der Waals surface area (Å²) in [5.74, 6) is 0.179. The zero-order valence-electron chi connectivity index (χ0n) is 10.9. The first kappa shape index (κ1) is 14.1. The van der Waals surface area contributed by atoms with Crippen LogP contribution in [0.5, 0.6) is 11.5 Å². The van der Waals surface area contributed by atoms with Gasteiger partial charge in [-0.15, -0.1) is 0 Å². The van der Waals surface area contributed by atoms with Gasteiger partial charge in [-0.05, 0) is 24.6 Å². The molecule has 0 aliphatic rings. The monoisotopic (exact) mass is 250 g/mol. The summed E-state index contributed by atoms with van der Waals surface area (Å²) in [6, 6.07) is 5.37. The molecule has 0 saturated heterocycles. The number of aliphatic carboxylic acids is 1. The fraction of sp³-hybridized carbons (Fsp3) is 0.357. The molecule has 0 bridgehead atoms. The molecule has 1 atom stereocenters. The third kappa shape index (κ3) is 3.52. The van der Waals surface area contributed by atoms with Crippen molar-refractivity contribution >= 4 is 5.97 Å². The van der Waals surface area contributed by atoms with Crippen LogP contribution in [0.2, 0.25) is 0 Å². The van der Waals surface area contributed by atoms with Crippen LogP contribution in [0.3, 0.4) is 0 Å². The molecule has 0 saturated carbocycles. The Hall–Kier alpha value is -1.97. The van der Waals surface area contributed by atoms with Crippen LogP contribution in [0.4, 0.5) is 0 Å². The van der Waals surface area contributed by atoms with Crippen molar-refractivity contribution in [3.8, 4) is 11.5 Å². The minimum absolute atomic E-state index is 0.00561.